The predicted molar refractivity (Wildman–Crippen MR) is 116 cm³/mol. The van der Waals surface area contributed by atoms with Crippen molar-refractivity contribution < 1.29 is 22.7 Å². The van der Waals surface area contributed by atoms with Gasteiger partial charge in [-0.1, -0.05) is 0 Å². The number of ketones is 1. The van der Waals surface area contributed by atoms with E-state index in [0.717, 1.165) is 11.1 Å². The molecule has 3 heterocycles. The van der Waals surface area contributed by atoms with Crippen LogP contribution >= 0.6 is 11.3 Å². The Hall–Kier alpha value is -3.05. The summed E-state index contributed by atoms with van der Waals surface area (Å²) in [5, 5.41) is 6.29. The van der Waals surface area contributed by atoms with Crippen molar-refractivity contribution in [1.82, 2.24) is 14.8 Å². The Bertz CT molecular complexity index is 1260. The molecular formula is C20H20N4O5S2. The number of fused-ring (bicyclic) bond motifs is 1. The summed E-state index contributed by atoms with van der Waals surface area (Å²) >= 11 is 1.29. The van der Waals surface area contributed by atoms with Crippen LogP contribution in [0.4, 0.5) is 5.69 Å². The van der Waals surface area contributed by atoms with E-state index < -0.39 is 22.6 Å². The second-order valence-corrected chi connectivity index (χ2v) is 9.99. The molecule has 0 atom stereocenters. The first-order valence-electron chi connectivity index (χ1n) is 9.48. The quantitative estimate of drug-likeness (QED) is 0.410. The fourth-order valence-electron chi connectivity index (χ4n) is 3.40. The molecule has 9 nitrogen and oxygen atoms in total. The number of benzene rings is 1. The van der Waals surface area contributed by atoms with Gasteiger partial charge in [-0.2, -0.15) is 5.10 Å². The minimum Gasteiger partial charge on any atom is -0.453 e. The number of nitrogens with zero attached hydrogens (tertiary/aromatic N) is 4. The summed E-state index contributed by atoms with van der Waals surface area (Å²) in [7, 11) is -1.58. The van der Waals surface area contributed by atoms with E-state index in [1.54, 1.807) is 47.7 Å². The Morgan fingerprint density at radius 3 is 2.81 bits per heavy atom. The summed E-state index contributed by atoms with van der Waals surface area (Å²) in [5.41, 5.74) is 2.67. The molecule has 4 rings (SSSR count). The van der Waals surface area contributed by atoms with Crippen LogP contribution in [-0.4, -0.2) is 54.3 Å². The Labute approximate surface area is 183 Å². The number of aryl methyl sites for hydroxylation is 2. The highest BCUT2D eigenvalue weighted by Crippen LogP contribution is 2.30. The molecule has 0 aliphatic carbocycles. The second kappa shape index (κ2) is 8.23. The van der Waals surface area contributed by atoms with Crippen LogP contribution in [-0.2, 0) is 28.2 Å². The first-order valence-corrected chi connectivity index (χ1v) is 12.2. The van der Waals surface area contributed by atoms with Crippen LogP contribution in [0.2, 0.25) is 0 Å². The largest absolute Gasteiger partial charge is 0.453 e. The van der Waals surface area contributed by atoms with Gasteiger partial charge in [-0.3, -0.25) is 13.8 Å². The standard InChI is InChI=1S/C20H20N4O5S2/c1-23-10-15(9-21-23)19-22-16(12-30-19)20(26)29-11-18(25)14-5-6-17-13(8-14)4-3-7-24(17)31(2,27)28/h5-6,8-10,12H,3-4,7,11H2,1-2H3. The maximum Gasteiger partial charge on any atom is 0.358 e. The smallest absolute Gasteiger partial charge is 0.358 e. The zero-order valence-electron chi connectivity index (χ0n) is 16.9. The summed E-state index contributed by atoms with van der Waals surface area (Å²) in [5.74, 6) is -1.05. The molecule has 1 aromatic carbocycles. The number of rotatable bonds is 6. The van der Waals surface area contributed by atoms with E-state index in [4.69, 9.17) is 4.74 Å². The molecule has 162 valence electrons. The summed E-state index contributed by atoms with van der Waals surface area (Å²) in [6.07, 6.45) is 5.96. The van der Waals surface area contributed by atoms with E-state index in [1.165, 1.54) is 21.9 Å². The van der Waals surface area contributed by atoms with Crippen LogP contribution in [0.1, 0.15) is 32.8 Å². The van der Waals surface area contributed by atoms with Crippen LogP contribution in [0, 0.1) is 0 Å². The predicted octanol–water partition coefficient (Wildman–Crippen LogP) is 2.30. The third-order valence-electron chi connectivity index (χ3n) is 4.88. The third kappa shape index (κ3) is 4.52. The molecule has 2 aromatic heterocycles. The molecule has 0 N–H and O–H groups in total. The van der Waals surface area contributed by atoms with Crippen molar-refractivity contribution in [3.8, 4) is 10.6 Å². The normalized spacial score (nSPS) is 13.7. The van der Waals surface area contributed by atoms with E-state index in [-0.39, 0.29) is 11.5 Å². The zero-order valence-corrected chi connectivity index (χ0v) is 18.6. The van der Waals surface area contributed by atoms with Gasteiger partial charge in [0, 0.05) is 36.3 Å². The Morgan fingerprint density at radius 1 is 1.29 bits per heavy atom. The number of esters is 1. The van der Waals surface area contributed by atoms with Crippen molar-refractivity contribution in [1.29, 1.82) is 0 Å². The number of carbonyl (C=O) groups is 2. The van der Waals surface area contributed by atoms with Gasteiger partial charge in [-0.15, -0.1) is 11.3 Å². The highest BCUT2D eigenvalue weighted by atomic mass is 32.2. The van der Waals surface area contributed by atoms with E-state index in [9.17, 15) is 18.0 Å². The van der Waals surface area contributed by atoms with Crippen LogP contribution in [0.25, 0.3) is 10.6 Å². The number of Topliss-reactive ketones (excluding diaryl/α,β-unsaturated/α-hetero) is 1. The van der Waals surface area contributed by atoms with Crippen LogP contribution < -0.4 is 4.31 Å². The average molecular weight is 461 g/mol. The lowest BCUT2D eigenvalue weighted by Crippen LogP contribution is -2.34. The molecule has 0 saturated heterocycles. The van der Waals surface area contributed by atoms with Crippen molar-refractivity contribution in [3.63, 3.8) is 0 Å². The minimum absolute atomic E-state index is 0.130. The van der Waals surface area contributed by atoms with Gasteiger partial charge in [-0.25, -0.2) is 18.2 Å². The first kappa shape index (κ1) is 21.2. The SMILES string of the molecule is Cn1cc(-c2nc(C(=O)OCC(=O)c3ccc4c(c3)CCCN4S(C)(=O)=O)cs2)cn1. The van der Waals surface area contributed by atoms with Gasteiger partial charge in [0.15, 0.2) is 18.1 Å². The molecule has 0 saturated carbocycles. The summed E-state index contributed by atoms with van der Waals surface area (Å²) in [4.78, 5) is 29.1. The number of carbonyl (C=O) groups excluding carboxylic acids is 2. The Morgan fingerprint density at radius 2 is 2.10 bits per heavy atom. The molecule has 0 fully saturated rings. The zero-order chi connectivity index (χ0) is 22.2. The van der Waals surface area contributed by atoms with Crippen molar-refractivity contribution in [2.45, 2.75) is 12.8 Å². The fraction of sp³-hybridized carbons (Fsp3) is 0.300. The molecule has 0 amide bonds. The molecule has 0 bridgehead atoms. The topological polar surface area (TPSA) is 111 Å². The van der Waals surface area contributed by atoms with E-state index in [0.29, 0.717) is 35.6 Å². The van der Waals surface area contributed by atoms with Crippen molar-refractivity contribution in [3.05, 3.63) is 52.8 Å². The van der Waals surface area contributed by atoms with Gasteiger partial charge in [0.1, 0.15) is 5.01 Å². The molecule has 1 aliphatic heterocycles. The van der Waals surface area contributed by atoms with Gasteiger partial charge in [0.05, 0.1) is 18.1 Å². The van der Waals surface area contributed by atoms with Gasteiger partial charge in [0.25, 0.3) is 0 Å². The molecule has 0 radical (unpaired) electrons. The number of hydrogen-bond donors (Lipinski definition) is 0. The Kier molecular flexibility index (Phi) is 5.63. The molecule has 1 aliphatic rings. The number of thiazole rings is 1. The van der Waals surface area contributed by atoms with Gasteiger partial charge >= 0.3 is 5.97 Å². The second-order valence-electron chi connectivity index (χ2n) is 7.22. The molecular weight excluding hydrogens is 440 g/mol. The van der Waals surface area contributed by atoms with Gasteiger partial charge in [-0.05, 0) is 36.6 Å². The highest BCUT2D eigenvalue weighted by molar-refractivity contribution is 7.92. The van der Waals surface area contributed by atoms with Crippen LogP contribution in [0.5, 0.6) is 0 Å². The fourth-order valence-corrected chi connectivity index (χ4v) is 5.16. The third-order valence-corrected chi connectivity index (χ3v) is 6.95. The number of ether oxygens (including phenoxy) is 1. The van der Waals surface area contributed by atoms with E-state index >= 15 is 0 Å². The van der Waals surface area contributed by atoms with E-state index in [2.05, 4.69) is 10.1 Å². The maximum atomic E-state index is 12.5. The van der Waals surface area contributed by atoms with Crippen LogP contribution in [0.3, 0.4) is 0 Å². The van der Waals surface area contributed by atoms with Crippen molar-refractivity contribution in [2.24, 2.45) is 7.05 Å². The van der Waals surface area contributed by atoms with Crippen molar-refractivity contribution >= 4 is 38.8 Å². The number of sulfonamides is 1. The highest BCUT2D eigenvalue weighted by Gasteiger charge is 2.25. The molecule has 0 unspecified atom stereocenters. The number of anilines is 1. The lowest BCUT2D eigenvalue weighted by atomic mass is 9.99. The first-order chi connectivity index (χ1) is 14.7. The summed E-state index contributed by atoms with van der Waals surface area (Å²) < 4.78 is 32.1. The average Bonchev–Trinajstić information content (AvgIpc) is 3.39. The van der Waals surface area contributed by atoms with Gasteiger partial charge in [0.2, 0.25) is 10.0 Å². The molecule has 11 heteroatoms. The van der Waals surface area contributed by atoms with Crippen molar-refractivity contribution in [2.75, 3.05) is 23.7 Å². The molecule has 31 heavy (non-hydrogen) atoms. The monoisotopic (exact) mass is 460 g/mol. The maximum absolute atomic E-state index is 12.5. The van der Waals surface area contributed by atoms with E-state index in [1.807, 2.05) is 0 Å². The lowest BCUT2D eigenvalue weighted by molar-refractivity contribution is 0.0470. The lowest BCUT2D eigenvalue weighted by Gasteiger charge is -2.29. The number of aromatic nitrogens is 3. The van der Waals surface area contributed by atoms with Crippen LogP contribution in [0.15, 0.2) is 36.0 Å². The molecule has 0 spiro atoms. The number of hydrogen-bond acceptors (Lipinski definition) is 8. The van der Waals surface area contributed by atoms with Gasteiger partial charge < -0.3 is 4.74 Å². The minimum atomic E-state index is -3.37. The Balaban J connectivity index is 1.42. The molecule has 3 aromatic rings. The summed E-state index contributed by atoms with van der Waals surface area (Å²) in [6.45, 7) is -0.00141. The summed E-state index contributed by atoms with van der Waals surface area (Å²) in [6, 6.07) is 4.86.